The Morgan fingerprint density at radius 1 is 1.44 bits per heavy atom. The van der Waals surface area contributed by atoms with Gasteiger partial charge in [0.15, 0.2) is 0 Å². The van der Waals surface area contributed by atoms with Crippen LogP contribution in [0.3, 0.4) is 0 Å². The van der Waals surface area contributed by atoms with E-state index in [0.29, 0.717) is 28.7 Å². The lowest BCUT2D eigenvalue weighted by molar-refractivity contribution is 0.0601. The smallest absolute Gasteiger partial charge is 0.337 e. The fourth-order valence-electron chi connectivity index (χ4n) is 1.79. The molecular weight excluding hydrogens is 232 g/mol. The molecule has 0 amide bonds. The number of carbonyl (C=O) groups excluding carboxylic acids is 1. The van der Waals surface area contributed by atoms with E-state index >= 15 is 0 Å². The van der Waals surface area contributed by atoms with Gasteiger partial charge in [0.1, 0.15) is 5.82 Å². The molecule has 0 aliphatic carbocycles. The minimum atomic E-state index is -0.434. The van der Waals surface area contributed by atoms with Crippen molar-refractivity contribution in [1.82, 2.24) is 9.97 Å². The minimum Gasteiger partial charge on any atom is -0.465 e. The van der Waals surface area contributed by atoms with Gasteiger partial charge >= 0.3 is 5.97 Å². The van der Waals surface area contributed by atoms with Gasteiger partial charge in [0.2, 0.25) is 0 Å². The third kappa shape index (κ3) is 2.25. The standard InChI is InChI=1S/C13H14N2O3/c1-3-4-11-14-10-7-8(13(17)18-2)5-6-9(10)12(16)15-11/h5-7H,3-4H2,1-2H3,(H,14,15,16). The number of esters is 1. The summed E-state index contributed by atoms with van der Waals surface area (Å²) in [5.41, 5.74) is 0.732. The number of ether oxygens (including phenoxy) is 1. The number of carbonyl (C=O) groups is 1. The third-order valence-corrected chi connectivity index (χ3v) is 2.66. The Bertz CT molecular complexity index is 646. The van der Waals surface area contributed by atoms with Crippen molar-refractivity contribution in [3.05, 3.63) is 39.9 Å². The highest BCUT2D eigenvalue weighted by Crippen LogP contribution is 2.11. The zero-order valence-corrected chi connectivity index (χ0v) is 10.3. The van der Waals surface area contributed by atoms with E-state index in [4.69, 9.17) is 0 Å². The summed E-state index contributed by atoms with van der Waals surface area (Å²) in [6.07, 6.45) is 1.60. The lowest BCUT2D eigenvalue weighted by Gasteiger charge is -2.03. The third-order valence-electron chi connectivity index (χ3n) is 2.66. The Morgan fingerprint density at radius 2 is 2.22 bits per heavy atom. The normalized spacial score (nSPS) is 10.6. The molecule has 5 heteroatoms. The molecule has 0 aliphatic heterocycles. The van der Waals surface area contributed by atoms with Gasteiger partial charge in [-0.2, -0.15) is 0 Å². The average molecular weight is 246 g/mol. The number of methoxy groups -OCH3 is 1. The van der Waals surface area contributed by atoms with Crippen LogP contribution in [0.1, 0.15) is 29.5 Å². The van der Waals surface area contributed by atoms with Gasteiger partial charge in [-0.25, -0.2) is 9.78 Å². The van der Waals surface area contributed by atoms with E-state index < -0.39 is 5.97 Å². The van der Waals surface area contributed by atoms with Gasteiger partial charge in [-0.05, 0) is 24.6 Å². The number of hydrogen-bond donors (Lipinski definition) is 1. The van der Waals surface area contributed by atoms with Crippen molar-refractivity contribution in [2.75, 3.05) is 7.11 Å². The summed E-state index contributed by atoms with van der Waals surface area (Å²) >= 11 is 0. The van der Waals surface area contributed by atoms with Crippen molar-refractivity contribution < 1.29 is 9.53 Å². The highest BCUT2D eigenvalue weighted by Gasteiger charge is 2.09. The maximum atomic E-state index is 11.8. The van der Waals surface area contributed by atoms with Gasteiger partial charge < -0.3 is 9.72 Å². The quantitative estimate of drug-likeness (QED) is 0.836. The number of aromatic amines is 1. The van der Waals surface area contributed by atoms with E-state index in [-0.39, 0.29) is 5.56 Å². The molecule has 1 N–H and O–H groups in total. The predicted molar refractivity (Wildman–Crippen MR) is 67.7 cm³/mol. The van der Waals surface area contributed by atoms with Gasteiger partial charge in [-0.15, -0.1) is 0 Å². The second-order valence-corrected chi connectivity index (χ2v) is 3.99. The van der Waals surface area contributed by atoms with E-state index in [1.807, 2.05) is 6.92 Å². The van der Waals surface area contributed by atoms with Crippen LogP contribution >= 0.6 is 0 Å². The lowest BCUT2D eigenvalue weighted by Crippen LogP contribution is -2.12. The molecule has 1 aromatic heterocycles. The van der Waals surface area contributed by atoms with E-state index in [1.54, 1.807) is 18.2 Å². The highest BCUT2D eigenvalue weighted by molar-refractivity contribution is 5.93. The Balaban J connectivity index is 2.60. The van der Waals surface area contributed by atoms with Crippen molar-refractivity contribution in [1.29, 1.82) is 0 Å². The van der Waals surface area contributed by atoms with E-state index in [9.17, 15) is 9.59 Å². The largest absolute Gasteiger partial charge is 0.465 e. The molecule has 2 aromatic rings. The number of nitrogens with zero attached hydrogens (tertiary/aromatic N) is 1. The Hall–Kier alpha value is -2.17. The van der Waals surface area contributed by atoms with Crippen molar-refractivity contribution in [2.45, 2.75) is 19.8 Å². The number of hydrogen-bond acceptors (Lipinski definition) is 4. The fourth-order valence-corrected chi connectivity index (χ4v) is 1.79. The average Bonchev–Trinajstić information content (AvgIpc) is 2.37. The highest BCUT2D eigenvalue weighted by atomic mass is 16.5. The first-order valence-corrected chi connectivity index (χ1v) is 5.77. The summed E-state index contributed by atoms with van der Waals surface area (Å²) < 4.78 is 4.64. The maximum Gasteiger partial charge on any atom is 0.337 e. The van der Waals surface area contributed by atoms with Gasteiger partial charge in [-0.1, -0.05) is 6.92 Å². The van der Waals surface area contributed by atoms with Gasteiger partial charge in [0.05, 0.1) is 23.6 Å². The first-order chi connectivity index (χ1) is 8.65. The summed E-state index contributed by atoms with van der Waals surface area (Å²) in [6, 6.07) is 4.73. The molecule has 0 fully saturated rings. The topological polar surface area (TPSA) is 72.0 Å². The molecule has 0 bridgehead atoms. The van der Waals surface area contributed by atoms with Crippen molar-refractivity contribution in [2.24, 2.45) is 0 Å². The Kier molecular flexibility index (Phi) is 3.41. The second-order valence-electron chi connectivity index (χ2n) is 3.99. The summed E-state index contributed by atoms with van der Waals surface area (Å²) in [7, 11) is 1.32. The van der Waals surface area contributed by atoms with Crippen molar-refractivity contribution >= 4 is 16.9 Å². The van der Waals surface area contributed by atoms with Crippen LogP contribution < -0.4 is 5.56 Å². The van der Waals surface area contributed by atoms with Crippen LogP contribution in [0.2, 0.25) is 0 Å². The molecule has 94 valence electrons. The van der Waals surface area contributed by atoms with E-state index in [0.717, 1.165) is 6.42 Å². The van der Waals surface area contributed by atoms with Crippen LogP contribution in [0, 0.1) is 0 Å². The number of fused-ring (bicyclic) bond motifs is 1. The van der Waals surface area contributed by atoms with E-state index in [2.05, 4.69) is 14.7 Å². The van der Waals surface area contributed by atoms with Crippen LogP contribution in [0.5, 0.6) is 0 Å². The molecule has 5 nitrogen and oxygen atoms in total. The molecule has 0 radical (unpaired) electrons. The molecule has 2 rings (SSSR count). The fraction of sp³-hybridized carbons (Fsp3) is 0.308. The molecule has 1 aromatic carbocycles. The molecule has 0 spiro atoms. The first kappa shape index (κ1) is 12.3. The Morgan fingerprint density at radius 3 is 2.89 bits per heavy atom. The van der Waals surface area contributed by atoms with Crippen LogP contribution in [0.4, 0.5) is 0 Å². The molecule has 0 saturated heterocycles. The molecule has 18 heavy (non-hydrogen) atoms. The molecular formula is C13H14N2O3. The number of benzene rings is 1. The Labute approximate surface area is 104 Å². The molecule has 0 saturated carbocycles. The van der Waals surface area contributed by atoms with Crippen LogP contribution in [0.15, 0.2) is 23.0 Å². The zero-order valence-electron chi connectivity index (χ0n) is 10.3. The van der Waals surface area contributed by atoms with Crippen LogP contribution in [0.25, 0.3) is 10.9 Å². The number of rotatable bonds is 3. The first-order valence-electron chi connectivity index (χ1n) is 5.77. The molecule has 1 heterocycles. The van der Waals surface area contributed by atoms with E-state index in [1.165, 1.54) is 7.11 Å². The maximum absolute atomic E-state index is 11.8. The minimum absolute atomic E-state index is 0.181. The number of aryl methyl sites for hydroxylation is 1. The van der Waals surface area contributed by atoms with Crippen LogP contribution in [-0.2, 0) is 11.2 Å². The van der Waals surface area contributed by atoms with Crippen LogP contribution in [-0.4, -0.2) is 23.0 Å². The lowest BCUT2D eigenvalue weighted by atomic mass is 10.1. The monoisotopic (exact) mass is 246 g/mol. The van der Waals surface area contributed by atoms with Gasteiger partial charge in [0, 0.05) is 6.42 Å². The zero-order chi connectivity index (χ0) is 13.1. The molecule has 0 unspecified atom stereocenters. The van der Waals surface area contributed by atoms with Gasteiger partial charge in [0.25, 0.3) is 5.56 Å². The molecule has 0 aliphatic rings. The number of aromatic nitrogens is 2. The predicted octanol–water partition coefficient (Wildman–Crippen LogP) is 1.66. The SMILES string of the molecule is CCCc1nc2cc(C(=O)OC)ccc2c(=O)[nH]1. The summed E-state index contributed by atoms with van der Waals surface area (Å²) in [6.45, 7) is 2.01. The van der Waals surface area contributed by atoms with Crippen molar-refractivity contribution in [3.8, 4) is 0 Å². The number of H-pyrrole nitrogens is 1. The summed E-state index contributed by atoms with van der Waals surface area (Å²) in [5.74, 6) is 0.202. The molecule has 0 atom stereocenters. The second kappa shape index (κ2) is 5.00. The number of nitrogens with one attached hydrogen (secondary N) is 1. The summed E-state index contributed by atoms with van der Waals surface area (Å²) in [5, 5.41) is 0.475. The van der Waals surface area contributed by atoms with Crippen molar-refractivity contribution in [3.63, 3.8) is 0 Å². The van der Waals surface area contributed by atoms with Gasteiger partial charge in [-0.3, -0.25) is 4.79 Å². The summed E-state index contributed by atoms with van der Waals surface area (Å²) in [4.78, 5) is 30.3.